The molecule has 1 unspecified atom stereocenters. The van der Waals surface area contributed by atoms with Crippen molar-refractivity contribution in [3.8, 4) is 28.3 Å². The van der Waals surface area contributed by atoms with E-state index in [0.717, 1.165) is 27.8 Å². The molecular weight excluding hydrogens is 558 g/mol. The molecule has 11 nitrogen and oxygen atoms in total. The molecule has 12 heteroatoms. The molecule has 3 heterocycles. The summed E-state index contributed by atoms with van der Waals surface area (Å²) in [6, 6.07) is 12.6. The van der Waals surface area contributed by atoms with Gasteiger partial charge in [-0.15, -0.1) is 0 Å². The van der Waals surface area contributed by atoms with Crippen molar-refractivity contribution in [2.24, 2.45) is 7.05 Å². The largest absolute Gasteiger partial charge is 0.480 e. The number of carbonyl (C=O) groups excluding carboxylic acids is 2. The van der Waals surface area contributed by atoms with E-state index in [1.165, 1.54) is 26.4 Å². The molecule has 2 aromatic carbocycles. The first-order chi connectivity index (χ1) is 20.3. The van der Waals surface area contributed by atoms with E-state index >= 15 is 0 Å². The van der Waals surface area contributed by atoms with Crippen molar-refractivity contribution in [3.63, 3.8) is 0 Å². The highest BCUT2D eigenvalue weighted by atomic mass is 35.5. The lowest BCUT2D eigenvalue weighted by atomic mass is 9.96. The van der Waals surface area contributed by atoms with E-state index in [2.05, 4.69) is 31.0 Å². The first-order valence-corrected chi connectivity index (χ1v) is 13.8. The van der Waals surface area contributed by atoms with Crippen LogP contribution in [0.15, 0.2) is 59.7 Å². The van der Waals surface area contributed by atoms with Crippen LogP contribution in [0.4, 0.5) is 5.69 Å². The van der Waals surface area contributed by atoms with E-state index in [9.17, 15) is 14.4 Å². The summed E-state index contributed by atoms with van der Waals surface area (Å²) in [5.41, 5.74) is 4.24. The summed E-state index contributed by atoms with van der Waals surface area (Å²) in [6.07, 6.45) is 4.42. The summed E-state index contributed by atoms with van der Waals surface area (Å²) < 4.78 is 6.64. The van der Waals surface area contributed by atoms with Crippen molar-refractivity contribution < 1.29 is 14.3 Å². The molecule has 0 saturated carbocycles. The summed E-state index contributed by atoms with van der Waals surface area (Å²) in [6.45, 7) is 2.93. The molecule has 0 aliphatic carbocycles. The van der Waals surface area contributed by atoms with Crippen molar-refractivity contribution in [2.75, 3.05) is 19.0 Å². The fourth-order valence-electron chi connectivity index (χ4n) is 4.88. The topological polar surface area (TPSA) is 140 Å². The van der Waals surface area contributed by atoms with Gasteiger partial charge in [-0.25, -0.2) is 9.67 Å². The van der Waals surface area contributed by atoms with Gasteiger partial charge < -0.3 is 20.7 Å². The van der Waals surface area contributed by atoms with Gasteiger partial charge in [0, 0.05) is 55.6 Å². The Kier molecular flexibility index (Phi) is 8.60. The number of nitrogens with one attached hydrogen (secondary N) is 3. The first kappa shape index (κ1) is 28.9. The van der Waals surface area contributed by atoms with E-state index in [1.807, 2.05) is 37.3 Å². The van der Waals surface area contributed by atoms with Crippen molar-refractivity contribution >= 4 is 29.1 Å². The third kappa shape index (κ3) is 6.02. The summed E-state index contributed by atoms with van der Waals surface area (Å²) >= 11 is 6.95. The molecule has 0 radical (unpaired) electrons. The van der Waals surface area contributed by atoms with Crippen LogP contribution in [0.25, 0.3) is 22.4 Å². The second kappa shape index (κ2) is 12.5. The average molecular weight is 588 g/mol. The van der Waals surface area contributed by atoms with Gasteiger partial charge in [-0.05, 0) is 36.6 Å². The van der Waals surface area contributed by atoms with E-state index in [-0.39, 0.29) is 17.5 Å². The average Bonchev–Trinajstić information content (AvgIpc) is 3.40. The predicted molar refractivity (Wildman–Crippen MR) is 160 cm³/mol. The normalized spacial score (nSPS) is 14.5. The fraction of sp³-hybridized carbons (Fsp3) is 0.267. The maximum atomic E-state index is 12.9. The predicted octanol–water partition coefficient (Wildman–Crippen LogP) is 3.50. The fourth-order valence-corrected chi connectivity index (χ4v) is 5.20. The molecule has 0 spiro atoms. The maximum absolute atomic E-state index is 12.9. The van der Waals surface area contributed by atoms with Crippen LogP contribution in [0.5, 0.6) is 5.88 Å². The number of rotatable bonds is 9. The maximum Gasteiger partial charge on any atom is 0.279 e. The Labute approximate surface area is 247 Å². The molecule has 42 heavy (non-hydrogen) atoms. The van der Waals surface area contributed by atoms with Gasteiger partial charge in [-0.1, -0.05) is 41.9 Å². The van der Waals surface area contributed by atoms with Crippen molar-refractivity contribution in [2.45, 2.75) is 32.4 Å². The quantitative estimate of drug-likeness (QED) is 0.270. The summed E-state index contributed by atoms with van der Waals surface area (Å²) in [5.74, 6) is -0.0746. The number of ether oxygens (including phenoxy) is 1. The Morgan fingerprint density at radius 1 is 1.14 bits per heavy atom. The molecular formula is C30H30ClN7O4. The number of aromatic nitrogens is 4. The lowest BCUT2D eigenvalue weighted by molar-refractivity contribution is -0.119. The van der Waals surface area contributed by atoms with Gasteiger partial charge in [0.15, 0.2) is 0 Å². The molecule has 3 N–H and O–H groups in total. The third-order valence-electron chi connectivity index (χ3n) is 7.17. The number of methoxy groups -OCH3 is 1. The number of hydrogen-bond donors (Lipinski definition) is 3. The molecule has 1 atom stereocenters. The van der Waals surface area contributed by atoms with E-state index < -0.39 is 11.5 Å². The standard InChI is InChI=1S/C30H30ClN7O4/c1-17-19(6-5-9-23(17)36-28(40)22-12-13-34-38(2)30(22)41)20-7-4-8-21(27(20)31)24-16-33-25(29(37-24)42-3)15-32-14-18-10-11-26(39)35-18/h4-9,12-13,16,18,32H,10-11,14-15H2,1-3H3,(H,35,39)(H,36,40). The molecule has 2 amide bonds. The Morgan fingerprint density at radius 3 is 2.67 bits per heavy atom. The van der Waals surface area contributed by atoms with Crippen LogP contribution in [0.1, 0.15) is 34.5 Å². The number of benzene rings is 2. The van der Waals surface area contributed by atoms with Crippen LogP contribution >= 0.6 is 11.6 Å². The van der Waals surface area contributed by atoms with Crippen molar-refractivity contribution in [1.82, 2.24) is 30.4 Å². The van der Waals surface area contributed by atoms with Crippen LogP contribution < -0.4 is 26.2 Å². The molecule has 1 aliphatic rings. The smallest absolute Gasteiger partial charge is 0.279 e. The van der Waals surface area contributed by atoms with Gasteiger partial charge in [0.05, 0.1) is 24.0 Å². The van der Waals surface area contributed by atoms with E-state index in [4.69, 9.17) is 16.3 Å². The molecule has 0 bridgehead atoms. The lowest BCUT2D eigenvalue weighted by Crippen LogP contribution is -2.35. The number of halogens is 1. The highest BCUT2D eigenvalue weighted by Gasteiger charge is 2.21. The zero-order chi connectivity index (χ0) is 29.8. The number of anilines is 1. The third-order valence-corrected chi connectivity index (χ3v) is 7.58. The minimum atomic E-state index is -0.525. The molecule has 2 aromatic heterocycles. The second-order valence-corrected chi connectivity index (χ2v) is 10.3. The van der Waals surface area contributed by atoms with Crippen molar-refractivity contribution in [3.05, 3.63) is 87.1 Å². The molecule has 1 fully saturated rings. The number of hydrogen-bond acceptors (Lipinski definition) is 8. The minimum Gasteiger partial charge on any atom is -0.480 e. The zero-order valence-electron chi connectivity index (χ0n) is 23.4. The van der Waals surface area contributed by atoms with Gasteiger partial charge in [0.2, 0.25) is 11.8 Å². The Hall–Kier alpha value is -4.61. The molecule has 1 aliphatic heterocycles. The van der Waals surface area contributed by atoms with Crippen LogP contribution in [-0.4, -0.2) is 51.3 Å². The lowest BCUT2D eigenvalue weighted by Gasteiger charge is -2.16. The molecule has 216 valence electrons. The van der Waals surface area contributed by atoms with Crippen LogP contribution in [0, 0.1) is 6.92 Å². The Bertz CT molecular complexity index is 1720. The molecule has 5 rings (SSSR count). The molecule has 1 saturated heterocycles. The van der Waals surface area contributed by atoms with Crippen LogP contribution in [0.2, 0.25) is 5.02 Å². The van der Waals surface area contributed by atoms with Gasteiger partial charge in [0.25, 0.3) is 11.5 Å². The number of carbonyl (C=O) groups is 2. The van der Waals surface area contributed by atoms with Gasteiger partial charge in [-0.2, -0.15) is 5.10 Å². The Morgan fingerprint density at radius 2 is 1.90 bits per heavy atom. The summed E-state index contributed by atoms with van der Waals surface area (Å²) in [4.78, 5) is 45.9. The SMILES string of the molecule is COc1nc(-c2cccc(-c3cccc(NC(=O)c4ccnn(C)c4=O)c3C)c2Cl)cnc1CNCC1CCC(=O)N1. The summed E-state index contributed by atoms with van der Waals surface area (Å²) in [5, 5.41) is 13.4. The van der Waals surface area contributed by atoms with E-state index in [1.54, 1.807) is 12.3 Å². The Balaban J connectivity index is 1.38. The summed E-state index contributed by atoms with van der Waals surface area (Å²) in [7, 11) is 3.03. The van der Waals surface area contributed by atoms with Crippen molar-refractivity contribution in [1.29, 1.82) is 0 Å². The van der Waals surface area contributed by atoms with Gasteiger partial charge in [-0.3, -0.25) is 19.4 Å². The highest BCUT2D eigenvalue weighted by molar-refractivity contribution is 6.36. The number of aryl methyl sites for hydroxylation is 1. The first-order valence-electron chi connectivity index (χ1n) is 13.4. The van der Waals surface area contributed by atoms with Crippen LogP contribution in [0.3, 0.4) is 0 Å². The monoisotopic (exact) mass is 587 g/mol. The van der Waals surface area contributed by atoms with Gasteiger partial charge >= 0.3 is 0 Å². The number of nitrogens with zero attached hydrogens (tertiary/aromatic N) is 4. The highest BCUT2D eigenvalue weighted by Crippen LogP contribution is 2.39. The minimum absolute atomic E-state index is 0.00574. The van der Waals surface area contributed by atoms with E-state index in [0.29, 0.717) is 53.1 Å². The molecule has 4 aromatic rings. The zero-order valence-corrected chi connectivity index (χ0v) is 24.2. The van der Waals surface area contributed by atoms with Gasteiger partial charge in [0.1, 0.15) is 11.3 Å². The second-order valence-electron chi connectivity index (χ2n) is 9.92. The van der Waals surface area contributed by atoms with Crippen LogP contribution in [-0.2, 0) is 18.4 Å². The number of amides is 2.